The third kappa shape index (κ3) is 1.66. The Morgan fingerprint density at radius 2 is 1.80 bits per heavy atom. The molecule has 0 saturated heterocycles. The van der Waals surface area contributed by atoms with Crippen LogP contribution >= 0.6 is 0 Å². The van der Waals surface area contributed by atoms with Gasteiger partial charge in [0.25, 0.3) is 5.91 Å². The molecule has 1 atom stereocenters. The number of aliphatic hydroxyl groups is 1. The van der Waals surface area contributed by atoms with Gasteiger partial charge in [0.2, 0.25) is 0 Å². The molecule has 78 valence electrons. The number of aryl methyl sites for hydroxylation is 1. The second-order valence-electron chi connectivity index (χ2n) is 3.81. The number of nitrogens with zero attached hydrogens (tertiary/aromatic N) is 1. The van der Waals surface area contributed by atoms with E-state index in [9.17, 15) is 9.90 Å². The smallest absolute Gasteiger partial charge is 0.253 e. The molecule has 1 aromatic carbocycles. The van der Waals surface area contributed by atoms with Crippen LogP contribution in [0.3, 0.4) is 0 Å². The van der Waals surface area contributed by atoms with Gasteiger partial charge in [-0.05, 0) is 31.6 Å². The highest BCUT2D eigenvalue weighted by Crippen LogP contribution is 2.25. The zero-order chi connectivity index (χ0) is 11.0. The molecule has 15 heavy (non-hydrogen) atoms. The van der Waals surface area contributed by atoms with E-state index in [-0.39, 0.29) is 5.91 Å². The highest BCUT2D eigenvalue weighted by atomic mass is 16.3. The Morgan fingerprint density at radius 3 is 2.27 bits per heavy atom. The van der Waals surface area contributed by atoms with Gasteiger partial charge in [-0.2, -0.15) is 0 Å². The van der Waals surface area contributed by atoms with Crippen molar-refractivity contribution in [2.24, 2.45) is 0 Å². The fourth-order valence-corrected chi connectivity index (χ4v) is 1.64. The van der Waals surface area contributed by atoms with Gasteiger partial charge in [0.05, 0.1) is 0 Å². The maximum atomic E-state index is 11.6. The normalized spacial score (nSPS) is 20.7. The molecule has 0 spiro atoms. The van der Waals surface area contributed by atoms with Crippen LogP contribution < -0.4 is 4.90 Å². The number of hydrogen-bond acceptors (Lipinski definition) is 2. The van der Waals surface area contributed by atoms with Crippen molar-refractivity contribution in [3.63, 3.8) is 0 Å². The predicted molar refractivity (Wildman–Crippen MR) is 58.4 cm³/mol. The molecule has 1 heterocycles. The number of hydrogen-bond donors (Lipinski definition) is 1. The Morgan fingerprint density at radius 1 is 1.20 bits per heavy atom. The minimum atomic E-state index is -0.819. The number of carbonyl (C=O) groups excluding carboxylic acids is 1. The molecule has 3 nitrogen and oxygen atoms in total. The quantitative estimate of drug-likeness (QED) is 0.753. The van der Waals surface area contributed by atoms with E-state index in [1.54, 1.807) is 6.92 Å². The van der Waals surface area contributed by atoms with Crippen molar-refractivity contribution in [2.45, 2.75) is 20.1 Å². The highest BCUT2D eigenvalue weighted by molar-refractivity contribution is 6.05. The standard InChI is InChI=1S/C12H13NO2/c1-8-3-5-10(6-4-8)13-11(14)7-9(2)12(13)15/h3-7,12,15H,1-2H3. The predicted octanol–water partition coefficient (Wildman–Crippen LogP) is 1.61. The maximum absolute atomic E-state index is 11.6. The molecule has 3 heteroatoms. The lowest BCUT2D eigenvalue weighted by Crippen LogP contribution is -2.34. The Bertz CT molecular complexity index is 420. The van der Waals surface area contributed by atoms with Crippen LogP contribution in [0.15, 0.2) is 35.9 Å². The van der Waals surface area contributed by atoms with Crippen molar-refractivity contribution in [1.29, 1.82) is 0 Å². The van der Waals surface area contributed by atoms with E-state index in [0.717, 1.165) is 11.3 Å². The molecule has 1 aliphatic heterocycles. The molecule has 1 amide bonds. The number of benzene rings is 1. The van der Waals surface area contributed by atoms with Gasteiger partial charge in [-0.1, -0.05) is 17.7 Å². The van der Waals surface area contributed by atoms with Crippen molar-refractivity contribution in [2.75, 3.05) is 4.90 Å². The van der Waals surface area contributed by atoms with Crippen LogP contribution in [0.1, 0.15) is 12.5 Å². The molecular formula is C12H13NO2. The minimum Gasteiger partial charge on any atom is -0.369 e. The summed E-state index contributed by atoms with van der Waals surface area (Å²) in [5.74, 6) is -0.163. The lowest BCUT2D eigenvalue weighted by atomic mass is 10.2. The average Bonchev–Trinajstić information content (AvgIpc) is 2.44. The Kier molecular flexibility index (Phi) is 2.32. The Labute approximate surface area is 88.6 Å². The molecule has 0 fully saturated rings. The number of amides is 1. The van der Waals surface area contributed by atoms with E-state index < -0.39 is 6.23 Å². The average molecular weight is 203 g/mol. The van der Waals surface area contributed by atoms with Gasteiger partial charge in [-0.25, -0.2) is 0 Å². The summed E-state index contributed by atoms with van der Waals surface area (Å²) in [6.45, 7) is 3.73. The fourth-order valence-electron chi connectivity index (χ4n) is 1.64. The minimum absolute atomic E-state index is 0.163. The van der Waals surface area contributed by atoms with E-state index in [1.165, 1.54) is 11.0 Å². The highest BCUT2D eigenvalue weighted by Gasteiger charge is 2.29. The molecule has 0 aromatic heterocycles. The largest absolute Gasteiger partial charge is 0.369 e. The number of anilines is 1. The summed E-state index contributed by atoms with van der Waals surface area (Å²) < 4.78 is 0. The van der Waals surface area contributed by atoms with Crippen molar-refractivity contribution < 1.29 is 9.90 Å². The zero-order valence-electron chi connectivity index (χ0n) is 8.77. The van der Waals surface area contributed by atoms with Gasteiger partial charge in [-0.3, -0.25) is 9.69 Å². The van der Waals surface area contributed by atoms with Gasteiger partial charge < -0.3 is 5.11 Å². The SMILES string of the molecule is CC1=CC(=O)N(c2ccc(C)cc2)C1O. The summed E-state index contributed by atoms with van der Waals surface area (Å²) in [4.78, 5) is 13.0. The van der Waals surface area contributed by atoms with Crippen molar-refractivity contribution in [3.8, 4) is 0 Å². The molecule has 0 bridgehead atoms. The molecule has 1 N–H and O–H groups in total. The summed E-state index contributed by atoms with van der Waals surface area (Å²) in [7, 11) is 0. The second-order valence-corrected chi connectivity index (χ2v) is 3.81. The monoisotopic (exact) mass is 203 g/mol. The maximum Gasteiger partial charge on any atom is 0.253 e. The van der Waals surface area contributed by atoms with E-state index in [0.29, 0.717) is 5.57 Å². The molecule has 1 aromatic rings. The van der Waals surface area contributed by atoms with Gasteiger partial charge >= 0.3 is 0 Å². The third-order valence-corrected chi connectivity index (χ3v) is 2.55. The van der Waals surface area contributed by atoms with E-state index in [1.807, 2.05) is 31.2 Å². The van der Waals surface area contributed by atoms with Crippen LogP contribution in [0.2, 0.25) is 0 Å². The van der Waals surface area contributed by atoms with E-state index in [4.69, 9.17) is 0 Å². The van der Waals surface area contributed by atoms with Crippen LogP contribution in [-0.4, -0.2) is 17.2 Å². The lowest BCUT2D eigenvalue weighted by Gasteiger charge is -2.22. The summed E-state index contributed by atoms with van der Waals surface area (Å²) in [5, 5.41) is 9.79. The molecule has 1 aliphatic rings. The van der Waals surface area contributed by atoms with Gasteiger partial charge in [0.15, 0.2) is 6.23 Å². The first-order chi connectivity index (χ1) is 7.09. The van der Waals surface area contributed by atoms with E-state index >= 15 is 0 Å². The molecular weight excluding hydrogens is 190 g/mol. The summed E-state index contributed by atoms with van der Waals surface area (Å²) in [5.41, 5.74) is 2.54. The molecule has 0 saturated carbocycles. The topological polar surface area (TPSA) is 40.5 Å². The number of carbonyl (C=O) groups is 1. The number of rotatable bonds is 1. The summed E-state index contributed by atoms with van der Waals surface area (Å²) in [6.07, 6.45) is 0.644. The molecule has 0 aliphatic carbocycles. The first-order valence-electron chi connectivity index (χ1n) is 4.86. The Hall–Kier alpha value is -1.61. The van der Waals surface area contributed by atoms with E-state index in [2.05, 4.69) is 0 Å². The summed E-state index contributed by atoms with van der Waals surface area (Å²) >= 11 is 0. The van der Waals surface area contributed by atoms with Crippen LogP contribution in [0.5, 0.6) is 0 Å². The van der Waals surface area contributed by atoms with Gasteiger partial charge in [-0.15, -0.1) is 0 Å². The van der Waals surface area contributed by atoms with Crippen LogP contribution in [0, 0.1) is 6.92 Å². The zero-order valence-corrected chi connectivity index (χ0v) is 8.77. The van der Waals surface area contributed by atoms with Crippen molar-refractivity contribution in [1.82, 2.24) is 0 Å². The Balaban J connectivity index is 2.33. The lowest BCUT2D eigenvalue weighted by molar-refractivity contribution is -0.114. The second kappa shape index (κ2) is 3.51. The number of aliphatic hydroxyl groups excluding tert-OH is 1. The third-order valence-electron chi connectivity index (χ3n) is 2.55. The van der Waals surface area contributed by atoms with Gasteiger partial charge in [0.1, 0.15) is 0 Å². The van der Waals surface area contributed by atoms with Gasteiger partial charge in [0, 0.05) is 11.8 Å². The van der Waals surface area contributed by atoms with Crippen LogP contribution in [-0.2, 0) is 4.79 Å². The fraction of sp³-hybridized carbons (Fsp3) is 0.250. The van der Waals surface area contributed by atoms with Crippen molar-refractivity contribution in [3.05, 3.63) is 41.5 Å². The first-order valence-corrected chi connectivity index (χ1v) is 4.86. The van der Waals surface area contributed by atoms with Crippen LogP contribution in [0.4, 0.5) is 5.69 Å². The van der Waals surface area contributed by atoms with Crippen molar-refractivity contribution >= 4 is 11.6 Å². The van der Waals surface area contributed by atoms with Crippen LogP contribution in [0.25, 0.3) is 0 Å². The molecule has 2 rings (SSSR count). The molecule has 0 radical (unpaired) electrons. The molecule has 1 unspecified atom stereocenters. The first kappa shape index (κ1) is 9.93. The summed E-state index contributed by atoms with van der Waals surface area (Å²) in [6, 6.07) is 7.51.